The first kappa shape index (κ1) is 17.3. The van der Waals surface area contributed by atoms with Crippen LogP contribution in [0.2, 0.25) is 0 Å². The number of alkyl halides is 4. The van der Waals surface area contributed by atoms with E-state index < -0.39 is 17.4 Å². The van der Waals surface area contributed by atoms with Crippen LogP contribution in [0.4, 0.5) is 13.2 Å². The summed E-state index contributed by atoms with van der Waals surface area (Å²) in [6, 6.07) is 10.7. The molecular formula is C17H12ClF3N2O2. The Labute approximate surface area is 145 Å². The fraction of sp³-hybridized carbons (Fsp3) is 0.176. The number of aldehydes is 1. The Kier molecular flexibility index (Phi) is 4.43. The Morgan fingerprint density at radius 3 is 2.64 bits per heavy atom. The van der Waals surface area contributed by atoms with Gasteiger partial charge in [0, 0.05) is 12.9 Å². The van der Waals surface area contributed by atoms with Gasteiger partial charge in [0.25, 0.3) is 0 Å². The Bertz CT molecular complexity index is 951. The van der Waals surface area contributed by atoms with E-state index in [1.54, 1.807) is 12.1 Å². The fourth-order valence-corrected chi connectivity index (χ4v) is 2.82. The average Bonchev–Trinajstić information content (AvgIpc) is 2.90. The molecule has 0 unspecified atom stereocenters. The van der Waals surface area contributed by atoms with Crippen LogP contribution in [0.25, 0.3) is 10.8 Å². The molecule has 0 spiro atoms. The van der Waals surface area contributed by atoms with Crippen LogP contribution >= 0.6 is 11.6 Å². The normalized spacial score (nSPS) is 11.7. The summed E-state index contributed by atoms with van der Waals surface area (Å²) in [5.74, 6) is 0.199. The summed E-state index contributed by atoms with van der Waals surface area (Å²) < 4.78 is 45.4. The zero-order chi connectivity index (χ0) is 18.2. The second kappa shape index (κ2) is 6.40. The third-order valence-electron chi connectivity index (χ3n) is 3.70. The van der Waals surface area contributed by atoms with E-state index in [2.05, 4.69) is 5.10 Å². The number of halogens is 4. The van der Waals surface area contributed by atoms with Crippen molar-refractivity contribution >= 4 is 28.7 Å². The number of fused-ring (bicyclic) bond motifs is 1. The summed E-state index contributed by atoms with van der Waals surface area (Å²) in [4.78, 5) is 11.2. The average molecular weight is 369 g/mol. The molecule has 0 saturated carbocycles. The van der Waals surface area contributed by atoms with E-state index in [4.69, 9.17) is 16.3 Å². The molecule has 3 aromatic rings. The molecule has 0 aliphatic carbocycles. The molecule has 1 heterocycles. The summed E-state index contributed by atoms with van der Waals surface area (Å²) in [6.45, 7) is 0. The number of carbonyl (C=O) groups excluding carboxylic acids is 1. The van der Waals surface area contributed by atoms with Gasteiger partial charge in [-0.15, -0.1) is 11.6 Å². The molecule has 0 aliphatic heterocycles. The maximum atomic E-state index is 13.0. The van der Waals surface area contributed by atoms with Crippen LogP contribution in [0.5, 0.6) is 11.6 Å². The Morgan fingerprint density at radius 1 is 1.28 bits per heavy atom. The Balaban J connectivity index is 2.10. The van der Waals surface area contributed by atoms with Crippen molar-refractivity contribution in [2.75, 3.05) is 0 Å². The summed E-state index contributed by atoms with van der Waals surface area (Å²) >= 11 is 5.96. The highest BCUT2D eigenvalue weighted by Gasteiger charge is 2.39. The smallest absolute Gasteiger partial charge is 0.436 e. The van der Waals surface area contributed by atoms with E-state index in [0.29, 0.717) is 0 Å². The molecule has 0 atom stereocenters. The van der Waals surface area contributed by atoms with Gasteiger partial charge in [0.2, 0.25) is 5.88 Å². The minimum atomic E-state index is -4.75. The first-order chi connectivity index (χ1) is 11.8. The molecule has 25 heavy (non-hydrogen) atoms. The minimum absolute atomic E-state index is 0.0919. The SMILES string of the molecule is Cn1nc(C(F)(F)F)c(C=O)c1Oc1cc(CCl)c2ccccc2c1. The van der Waals surface area contributed by atoms with Crippen molar-refractivity contribution in [3.05, 3.63) is 53.2 Å². The first-order valence-electron chi connectivity index (χ1n) is 7.20. The summed E-state index contributed by atoms with van der Waals surface area (Å²) in [7, 11) is 1.28. The van der Waals surface area contributed by atoms with Crippen LogP contribution in [0.15, 0.2) is 36.4 Å². The number of aryl methyl sites for hydroxylation is 1. The fourth-order valence-electron chi connectivity index (χ4n) is 2.60. The number of carbonyl (C=O) groups is 1. The van der Waals surface area contributed by atoms with Gasteiger partial charge in [-0.1, -0.05) is 24.3 Å². The van der Waals surface area contributed by atoms with E-state index >= 15 is 0 Å². The number of hydrogen-bond donors (Lipinski definition) is 0. The van der Waals surface area contributed by atoms with Crippen molar-refractivity contribution in [2.45, 2.75) is 12.1 Å². The molecule has 0 saturated heterocycles. The van der Waals surface area contributed by atoms with Crippen LogP contribution in [0, 0.1) is 0 Å². The molecule has 0 fully saturated rings. The lowest BCUT2D eigenvalue weighted by Crippen LogP contribution is -2.09. The second-order valence-electron chi connectivity index (χ2n) is 5.35. The molecule has 0 aliphatic rings. The van der Waals surface area contributed by atoms with Gasteiger partial charge in [0.1, 0.15) is 11.3 Å². The molecule has 0 amide bonds. The lowest BCUT2D eigenvalue weighted by molar-refractivity contribution is -0.141. The number of hydrogen-bond acceptors (Lipinski definition) is 3. The topological polar surface area (TPSA) is 44.1 Å². The van der Waals surface area contributed by atoms with Gasteiger partial charge in [-0.25, -0.2) is 4.68 Å². The monoisotopic (exact) mass is 368 g/mol. The van der Waals surface area contributed by atoms with E-state index in [9.17, 15) is 18.0 Å². The zero-order valence-electron chi connectivity index (χ0n) is 13.0. The highest BCUT2D eigenvalue weighted by Crippen LogP contribution is 2.37. The molecule has 0 N–H and O–H groups in total. The number of aromatic nitrogens is 2. The van der Waals surface area contributed by atoms with Crippen molar-refractivity contribution < 1.29 is 22.7 Å². The van der Waals surface area contributed by atoms with Crippen molar-refractivity contribution in [3.63, 3.8) is 0 Å². The molecule has 130 valence electrons. The van der Waals surface area contributed by atoms with Crippen molar-refractivity contribution in [3.8, 4) is 11.6 Å². The van der Waals surface area contributed by atoms with Crippen LogP contribution in [0.1, 0.15) is 21.6 Å². The predicted octanol–water partition coefficient (Wildman–Crippen LogP) is 4.94. The minimum Gasteiger partial charge on any atom is -0.438 e. The standard InChI is InChI=1S/C17H12ClF3N2O2/c1-23-16(14(9-24)15(22-23)17(19,20)21)25-12-6-10-4-2-3-5-13(10)11(7-12)8-18/h2-7,9H,8H2,1H3. The van der Waals surface area contributed by atoms with Gasteiger partial charge >= 0.3 is 6.18 Å². The predicted molar refractivity (Wildman–Crippen MR) is 87.2 cm³/mol. The van der Waals surface area contributed by atoms with Crippen molar-refractivity contribution in [1.82, 2.24) is 9.78 Å². The van der Waals surface area contributed by atoms with Crippen LogP contribution in [-0.4, -0.2) is 16.1 Å². The number of rotatable bonds is 4. The lowest BCUT2D eigenvalue weighted by Gasteiger charge is -2.10. The molecule has 1 aromatic heterocycles. The Morgan fingerprint density at radius 2 is 2.00 bits per heavy atom. The zero-order valence-corrected chi connectivity index (χ0v) is 13.7. The number of ether oxygens (including phenoxy) is 1. The van der Waals surface area contributed by atoms with E-state index in [0.717, 1.165) is 21.0 Å². The third kappa shape index (κ3) is 3.19. The highest BCUT2D eigenvalue weighted by molar-refractivity contribution is 6.18. The number of nitrogens with zero attached hydrogens (tertiary/aromatic N) is 2. The summed E-state index contributed by atoms with van der Waals surface area (Å²) in [6.07, 6.45) is -4.66. The number of benzene rings is 2. The van der Waals surface area contributed by atoms with Gasteiger partial charge in [-0.3, -0.25) is 4.79 Å². The molecule has 0 bridgehead atoms. The third-order valence-corrected chi connectivity index (χ3v) is 3.98. The molecule has 2 aromatic carbocycles. The first-order valence-corrected chi connectivity index (χ1v) is 7.73. The Hall–Kier alpha value is -2.54. The molecule has 3 rings (SSSR count). The molecule has 4 nitrogen and oxygen atoms in total. The summed E-state index contributed by atoms with van der Waals surface area (Å²) in [5, 5.41) is 5.10. The van der Waals surface area contributed by atoms with Crippen LogP contribution in [0.3, 0.4) is 0 Å². The highest BCUT2D eigenvalue weighted by atomic mass is 35.5. The maximum Gasteiger partial charge on any atom is 0.436 e. The van der Waals surface area contributed by atoms with E-state index in [1.165, 1.54) is 7.05 Å². The second-order valence-corrected chi connectivity index (χ2v) is 5.61. The molecular weight excluding hydrogens is 357 g/mol. The molecule has 0 radical (unpaired) electrons. The van der Waals surface area contributed by atoms with E-state index in [1.807, 2.05) is 24.3 Å². The van der Waals surface area contributed by atoms with Gasteiger partial charge < -0.3 is 4.74 Å². The van der Waals surface area contributed by atoms with Gasteiger partial charge in [0.15, 0.2) is 12.0 Å². The van der Waals surface area contributed by atoms with Crippen molar-refractivity contribution in [2.24, 2.45) is 7.05 Å². The van der Waals surface area contributed by atoms with Gasteiger partial charge in [-0.05, 0) is 28.5 Å². The quantitative estimate of drug-likeness (QED) is 0.484. The lowest BCUT2D eigenvalue weighted by atomic mass is 10.1. The van der Waals surface area contributed by atoms with Gasteiger partial charge in [-0.2, -0.15) is 18.3 Å². The van der Waals surface area contributed by atoms with E-state index in [-0.39, 0.29) is 23.8 Å². The van der Waals surface area contributed by atoms with Crippen LogP contribution < -0.4 is 4.74 Å². The van der Waals surface area contributed by atoms with Crippen molar-refractivity contribution in [1.29, 1.82) is 0 Å². The molecule has 8 heteroatoms. The largest absolute Gasteiger partial charge is 0.438 e. The van der Waals surface area contributed by atoms with Crippen LogP contribution in [-0.2, 0) is 19.1 Å². The maximum absolute atomic E-state index is 13.0. The summed E-state index contributed by atoms with van der Waals surface area (Å²) in [5.41, 5.74) is -1.16. The van der Waals surface area contributed by atoms with Gasteiger partial charge in [0.05, 0.1) is 0 Å².